The van der Waals surface area contributed by atoms with E-state index in [-0.39, 0.29) is 12.3 Å². The van der Waals surface area contributed by atoms with Gasteiger partial charge in [0.05, 0.1) is 12.0 Å². The fourth-order valence-corrected chi connectivity index (χ4v) is 1.92. The number of nitro benzene ring substituents is 1. The maximum absolute atomic E-state index is 12.1. The lowest BCUT2D eigenvalue weighted by Crippen LogP contribution is -2.07. The van der Waals surface area contributed by atoms with Crippen LogP contribution >= 0.6 is 0 Å². The van der Waals surface area contributed by atoms with Crippen molar-refractivity contribution in [3.05, 3.63) is 69.3 Å². The van der Waals surface area contributed by atoms with Crippen molar-refractivity contribution in [2.45, 2.75) is 13.5 Å². The van der Waals surface area contributed by atoms with Gasteiger partial charge in [0.1, 0.15) is 17.9 Å². The molecule has 0 saturated heterocycles. The van der Waals surface area contributed by atoms with Crippen LogP contribution < -0.4 is 4.74 Å². The summed E-state index contributed by atoms with van der Waals surface area (Å²) >= 11 is 0. The molecule has 0 atom stereocenters. The van der Waals surface area contributed by atoms with Crippen molar-refractivity contribution in [2.24, 2.45) is 0 Å². The molecule has 22 heavy (non-hydrogen) atoms. The Hall–Kier alpha value is -2.89. The van der Waals surface area contributed by atoms with E-state index in [1.165, 1.54) is 19.2 Å². The summed E-state index contributed by atoms with van der Waals surface area (Å²) in [6, 6.07) is 11.1. The minimum atomic E-state index is -0.501. The molecule has 0 aliphatic heterocycles. The molecule has 0 amide bonds. The van der Waals surface area contributed by atoms with Crippen LogP contribution in [0.4, 0.5) is 5.69 Å². The molecule has 0 heterocycles. The number of methoxy groups -OCH3 is 1. The second-order valence-electron chi connectivity index (χ2n) is 4.70. The largest absolute Gasteiger partial charge is 0.496 e. The van der Waals surface area contributed by atoms with Crippen LogP contribution in [0.1, 0.15) is 21.5 Å². The van der Waals surface area contributed by atoms with Crippen LogP contribution in [0.25, 0.3) is 0 Å². The number of hydrogen-bond acceptors (Lipinski definition) is 5. The number of carbonyl (C=O) groups excluding carboxylic acids is 1. The van der Waals surface area contributed by atoms with Crippen LogP contribution in [0.3, 0.4) is 0 Å². The highest BCUT2D eigenvalue weighted by Gasteiger charge is 2.14. The number of nitrogens with zero attached hydrogens (tertiary/aromatic N) is 1. The number of carbonyl (C=O) groups is 1. The fraction of sp³-hybridized carbons (Fsp3) is 0.188. The van der Waals surface area contributed by atoms with Gasteiger partial charge in [0.25, 0.3) is 5.69 Å². The number of non-ortho nitro benzene ring substituents is 1. The van der Waals surface area contributed by atoms with Gasteiger partial charge in [-0.1, -0.05) is 11.6 Å². The van der Waals surface area contributed by atoms with Gasteiger partial charge in [0.15, 0.2) is 0 Å². The Balaban J connectivity index is 2.06. The average molecular weight is 301 g/mol. The van der Waals surface area contributed by atoms with E-state index in [0.29, 0.717) is 16.9 Å². The first-order valence-electron chi connectivity index (χ1n) is 6.56. The molecule has 0 unspecified atom stereocenters. The first-order valence-corrected chi connectivity index (χ1v) is 6.56. The number of hydrogen-bond donors (Lipinski definition) is 0. The second-order valence-corrected chi connectivity index (χ2v) is 4.70. The summed E-state index contributed by atoms with van der Waals surface area (Å²) in [5, 5.41) is 10.6. The molecule has 2 aromatic rings. The van der Waals surface area contributed by atoms with Gasteiger partial charge in [-0.25, -0.2) is 4.79 Å². The predicted molar refractivity (Wildman–Crippen MR) is 79.9 cm³/mol. The summed E-state index contributed by atoms with van der Waals surface area (Å²) in [4.78, 5) is 22.2. The highest BCUT2D eigenvalue weighted by atomic mass is 16.6. The molecule has 0 aliphatic rings. The maximum atomic E-state index is 12.1. The topological polar surface area (TPSA) is 78.7 Å². The number of benzene rings is 2. The zero-order chi connectivity index (χ0) is 16.1. The zero-order valence-corrected chi connectivity index (χ0v) is 12.2. The number of nitro groups is 1. The molecule has 0 aromatic heterocycles. The Morgan fingerprint density at radius 1 is 1.18 bits per heavy atom. The van der Waals surface area contributed by atoms with E-state index >= 15 is 0 Å². The number of aryl methyl sites for hydroxylation is 1. The Morgan fingerprint density at radius 2 is 1.86 bits per heavy atom. The number of rotatable bonds is 5. The highest BCUT2D eigenvalue weighted by molar-refractivity contribution is 5.92. The number of esters is 1. The first kappa shape index (κ1) is 15.5. The van der Waals surface area contributed by atoms with Crippen molar-refractivity contribution in [1.82, 2.24) is 0 Å². The molecule has 0 aliphatic carbocycles. The van der Waals surface area contributed by atoms with Gasteiger partial charge in [-0.05, 0) is 36.8 Å². The summed E-state index contributed by atoms with van der Waals surface area (Å²) in [6.07, 6.45) is 0. The molecule has 2 aromatic carbocycles. The quantitative estimate of drug-likeness (QED) is 0.481. The van der Waals surface area contributed by atoms with Gasteiger partial charge in [-0.15, -0.1) is 0 Å². The summed E-state index contributed by atoms with van der Waals surface area (Å²) in [7, 11) is 1.48. The Labute approximate surface area is 127 Å². The third-order valence-corrected chi connectivity index (χ3v) is 3.09. The van der Waals surface area contributed by atoms with E-state index in [2.05, 4.69) is 0 Å². The fourth-order valence-electron chi connectivity index (χ4n) is 1.92. The van der Waals surface area contributed by atoms with E-state index in [1.54, 1.807) is 24.3 Å². The normalized spacial score (nSPS) is 10.1. The molecule has 0 radical (unpaired) electrons. The summed E-state index contributed by atoms with van der Waals surface area (Å²) in [6.45, 7) is 1.90. The highest BCUT2D eigenvalue weighted by Crippen LogP contribution is 2.21. The van der Waals surface area contributed by atoms with E-state index < -0.39 is 10.9 Å². The number of ether oxygens (including phenoxy) is 2. The van der Waals surface area contributed by atoms with Crippen molar-refractivity contribution in [1.29, 1.82) is 0 Å². The van der Waals surface area contributed by atoms with E-state index in [0.717, 1.165) is 5.56 Å². The van der Waals surface area contributed by atoms with Crippen molar-refractivity contribution in [3.63, 3.8) is 0 Å². The summed E-state index contributed by atoms with van der Waals surface area (Å²) < 4.78 is 10.4. The van der Waals surface area contributed by atoms with Crippen molar-refractivity contribution >= 4 is 11.7 Å². The SMILES string of the molecule is COc1ccc(C)cc1C(=O)OCc1ccc([N+](=O)[O-])cc1. The predicted octanol–water partition coefficient (Wildman–Crippen LogP) is 3.27. The molecule has 114 valence electrons. The first-order chi connectivity index (χ1) is 10.5. The van der Waals surface area contributed by atoms with Crippen LogP contribution in [-0.2, 0) is 11.3 Å². The van der Waals surface area contributed by atoms with Gasteiger partial charge < -0.3 is 9.47 Å². The third kappa shape index (κ3) is 3.60. The van der Waals surface area contributed by atoms with Crippen molar-refractivity contribution in [2.75, 3.05) is 7.11 Å². The van der Waals surface area contributed by atoms with Crippen LogP contribution in [0.2, 0.25) is 0 Å². The van der Waals surface area contributed by atoms with Gasteiger partial charge in [-0.3, -0.25) is 10.1 Å². The second kappa shape index (κ2) is 6.71. The average Bonchev–Trinajstić information content (AvgIpc) is 2.53. The molecule has 6 heteroatoms. The molecular weight excluding hydrogens is 286 g/mol. The van der Waals surface area contributed by atoms with Crippen LogP contribution in [0, 0.1) is 17.0 Å². The zero-order valence-electron chi connectivity index (χ0n) is 12.2. The monoisotopic (exact) mass is 301 g/mol. The lowest BCUT2D eigenvalue weighted by molar-refractivity contribution is -0.384. The summed E-state index contributed by atoms with van der Waals surface area (Å²) in [5.41, 5.74) is 1.94. The molecule has 0 fully saturated rings. The standard InChI is InChI=1S/C16H15NO5/c1-11-3-8-15(21-2)14(9-11)16(18)22-10-12-4-6-13(7-5-12)17(19)20/h3-9H,10H2,1-2H3. The van der Waals surface area contributed by atoms with Crippen LogP contribution in [0.5, 0.6) is 5.75 Å². The Kier molecular flexibility index (Phi) is 4.73. The van der Waals surface area contributed by atoms with E-state index in [9.17, 15) is 14.9 Å². The van der Waals surface area contributed by atoms with Gasteiger partial charge in [0.2, 0.25) is 0 Å². The van der Waals surface area contributed by atoms with Crippen LogP contribution in [0.15, 0.2) is 42.5 Å². The van der Waals surface area contributed by atoms with Crippen molar-refractivity contribution in [3.8, 4) is 5.75 Å². The Bertz CT molecular complexity index is 694. The minimum absolute atomic E-state index is 0.00423. The molecule has 0 saturated carbocycles. The van der Waals surface area contributed by atoms with E-state index in [4.69, 9.17) is 9.47 Å². The minimum Gasteiger partial charge on any atom is -0.496 e. The molecule has 2 rings (SSSR count). The van der Waals surface area contributed by atoms with Gasteiger partial charge >= 0.3 is 5.97 Å². The van der Waals surface area contributed by atoms with E-state index in [1.807, 2.05) is 13.0 Å². The van der Waals surface area contributed by atoms with Gasteiger partial charge in [0, 0.05) is 12.1 Å². The Morgan fingerprint density at radius 3 is 2.45 bits per heavy atom. The summed E-state index contributed by atoms with van der Waals surface area (Å²) in [5.74, 6) is -0.0572. The molecule has 0 bridgehead atoms. The smallest absolute Gasteiger partial charge is 0.342 e. The third-order valence-electron chi connectivity index (χ3n) is 3.09. The molecule has 6 nitrogen and oxygen atoms in total. The lowest BCUT2D eigenvalue weighted by Gasteiger charge is -2.09. The van der Waals surface area contributed by atoms with Crippen molar-refractivity contribution < 1.29 is 19.2 Å². The van der Waals surface area contributed by atoms with Gasteiger partial charge in [-0.2, -0.15) is 0 Å². The van der Waals surface area contributed by atoms with Crippen LogP contribution in [-0.4, -0.2) is 18.0 Å². The lowest BCUT2D eigenvalue weighted by atomic mass is 10.1. The molecule has 0 spiro atoms. The molecular formula is C16H15NO5. The molecule has 0 N–H and O–H groups in total. The maximum Gasteiger partial charge on any atom is 0.342 e.